The largest absolute Gasteiger partial charge is 0.480 e. The van der Waals surface area contributed by atoms with E-state index in [9.17, 15) is 0 Å². The molecule has 1 heterocycles. The average Bonchev–Trinajstić information content (AvgIpc) is 2.28. The molecule has 15 heavy (non-hydrogen) atoms. The number of aromatic nitrogens is 1. The number of para-hydroxylation sites is 1. The maximum Gasteiger partial charge on any atom is 0.232 e. The Kier molecular flexibility index (Phi) is 2.37. The van der Waals surface area contributed by atoms with E-state index in [0.29, 0.717) is 5.69 Å². The van der Waals surface area contributed by atoms with E-state index >= 15 is 0 Å². The van der Waals surface area contributed by atoms with Gasteiger partial charge in [-0.3, -0.25) is 5.41 Å². The van der Waals surface area contributed by atoms with Crippen molar-refractivity contribution < 1.29 is 4.74 Å². The highest BCUT2D eigenvalue weighted by Gasteiger charge is 2.06. The summed E-state index contributed by atoms with van der Waals surface area (Å²) in [4.78, 5) is 4.36. The normalized spacial score (nSPS) is 10.3. The topological polar surface area (TPSA) is 46.0 Å². The minimum atomic E-state index is 0.101. The zero-order chi connectivity index (χ0) is 10.8. The molecule has 0 atom stereocenters. The van der Waals surface area contributed by atoms with Gasteiger partial charge in [-0.1, -0.05) is 18.2 Å². The monoisotopic (exact) mass is 200 g/mol. The van der Waals surface area contributed by atoms with E-state index in [1.54, 1.807) is 0 Å². The summed E-state index contributed by atoms with van der Waals surface area (Å²) in [5.74, 6) is 0.101. The SMILES string of the molecule is COC(=N)c1cc(C)c2ccccc2n1. The molecule has 0 saturated heterocycles. The predicted molar refractivity (Wildman–Crippen MR) is 60.3 cm³/mol. The van der Waals surface area contributed by atoms with Crippen LogP contribution in [0.2, 0.25) is 0 Å². The van der Waals surface area contributed by atoms with Gasteiger partial charge >= 0.3 is 0 Å². The summed E-state index contributed by atoms with van der Waals surface area (Å²) in [7, 11) is 1.48. The molecule has 0 unspecified atom stereocenters. The van der Waals surface area contributed by atoms with Crippen LogP contribution in [0.1, 0.15) is 11.3 Å². The van der Waals surface area contributed by atoms with Crippen molar-refractivity contribution in [1.29, 1.82) is 5.41 Å². The van der Waals surface area contributed by atoms with E-state index in [1.807, 2.05) is 37.3 Å². The highest BCUT2D eigenvalue weighted by molar-refractivity contribution is 5.93. The summed E-state index contributed by atoms with van der Waals surface area (Å²) >= 11 is 0. The van der Waals surface area contributed by atoms with Crippen LogP contribution in [0.5, 0.6) is 0 Å². The molecule has 1 N–H and O–H groups in total. The molecule has 2 rings (SSSR count). The summed E-state index contributed by atoms with van der Waals surface area (Å²) < 4.78 is 4.86. The minimum absolute atomic E-state index is 0.101. The Bertz CT molecular complexity index is 520. The van der Waals surface area contributed by atoms with Gasteiger partial charge in [0.2, 0.25) is 5.90 Å². The Morgan fingerprint density at radius 1 is 1.33 bits per heavy atom. The Morgan fingerprint density at radius 2 is 2.07 bits per heavy atom. The molecule has 0 saturated carbocycles. The summed E-state index contributed by atoms with van der Waals surface area (Å²) in [6.45, 7) is 2.01. The van der Waals surface area contributed by atoms with Crippen molar-refractivity contribution in [2.45, 2.75) is 6.92 Å². The van der Waals surface area contributed by atoms with Crippen LogP contribution in [-0.4, -0.2) is 18.0 Å². The molecule has 3 heteroatoms. The van der Waals surface area contributed by atoms with Gasteiger partial charge in [0.15, 0.2) is 0 Å². The number of nitrogens with zero attached hydrogens (tertiary/aromatic N) is 1. The summed E-state index contributed by atoms with van der Waals surface area (Å²) in [6.07, 6.45) is 0. The van der Waals surface area contributed by atoms with Gasteiger partial charge in [0.05, 0.1) is 12.6 Å². The molecule has 0 aliphatic carbocycles. The van der Waals surface area contributed by atoms with E-state index in [1.165, 1.54) is 7.11 Å². The molecule has 2 aromatic rings. The van der Waals surface area contributed by atoms with Crippen LogP contribution in [0.3, 0.4) is 0 Å². The lowest BCUT2D eigenvalue weighted by Gasteiger charge is -2.06. The molecule has 76 valence electrons. The van der Waals surface area contributed by atoms with Gasteiger partial charge < -0.3 is 4.74 Å². The Labute approximate surface area is 88.2 Å². The van der Waals surface area contributed by atoms with Crippen LogP contribution in [0.4, 0.5) is 0 Å². The number of ether oxygens (including phenoxy) is 1. The van der Waals surface area contributed by atoms with Crippen LogP contribution < -0.4 is 0 Å². The molecular weight excluding hydrogens is 188 g/mol. The fourth-order valence-electron chi connectivity index (χ4n) is 1.57. The molecule has 0 aliphatic heterocycles. The van der Waals surface area contributed by atoms with Gasteiger partial charge in [-0.05, 0) is 24.6 Å². The lowest BCUT2D eigenvalue weighted by atomic mass is 10.1. The van der Waals surface area contributed by atoms with E-state index in [-0.39, 0.29) is 5.90 Å². The van der Waals surface area contributed by atoms with Crippen molar-refractivity contribution in [1.82, 2.24) is 4.98 Å². The smallest absolute Gasteiger partial charge is 0.232 e. The first-order valence-corrected chi connectivity index (χ1v) is 4.71. The lowest BCUT2D eigenvalue weighted by Crippen LogP contribution is -2.04. The van der Waals surface area contributed by atoms with Gasteiger partial charge in [-0.25, -0.2) is 4.98 Å². The number of hydrogen-bond acceptors (Lipinski definition) is 3. The van der Waals surface area contributed by atoms with Gasteiger partial charge in [0.1, 0.15) is 5.69 Å². The molecule has 0 bridgehead atoms. The molecule has 0 fully saturated rings. The Hall–Kier alpha value is -1.90. The maximum atomic E-state index is 7.57. The maximum absolute atomic E-state index is 7.57. The van der Waals surface area contributed by atoms with Crippen molar-refractivity contribution in [3.05, 3.63) is 41.6 Å². The van der Waals surface area contributed by atoms with Crippen molar-refractivity contribution in [3.63, 3.8) is 0 Å². The molecule has 1 aromatic heterocycles. The second kappa shape index (κ2) is 3.69. The van der Waals surface area contributed by atoms with Crippen LogP contribution in [0, 0.1) is 12.3 Å². The second-order valence-corrected chi connectivity index (χ2v) is 3.37. The van der Waals surface area contributed by atoms with Crippen molar-refractivity contribution in [3.8, 4) is 0 Å². The minimum Gasteiger partial charge on any atom is -0.480 e. The van der Waals surface area contributed by atoms with Crippen LogP contribution in [-0.2, 0) is 4.74 Å². The summed E-state index contributed by atoms with van der Waals surface area (Å²) in [5, 5.41) is 8.68. The third kappa shape index (κ3) is 1.68. The Balaban J connectivity index is 2.67. The highest BCUT2D eigenvalue weighted by Crippen LogP contribution is 2.17. The van der Waals surface area contributed by atoms with Crippen molar-refractivity contribution in [2.24, 2.45) is 0 Å². The van der Waals surface area contributed by atoms with E-state index in [2.05, 4.69) is 4.98 Å². The number of aryl methyl sites for hydroxylation is 1. The zero-order valence-corrected chi connectivity index (χ0v) is 8.74. The highest BCUT2D eigenvalue weighted by atomic mass is 16.5. The third-order valence-electron chi connectivity index (χ3n) is 2.36. The third-order valence-corrected chi connectivity index (χ3v) is 2.36. The van der Waals surface area contributed by atoms with Crippen molar-refractivity contribution in [2.75, 3.05) is 7.11 Å². The zero-order valence-electron chi connectivity index (χ0n) is 8.74. The van der Waals surface area contributed by atoms with E-state index in [4.69, 9.17) is 10.1 Å². The van der Waals surface area contributed by atoms with Crippen LogP contribution in [0.15, 0.2) is 30.3 Å². The van der Waals surface area contributed by atoms with E-state index in [0.717, 1.165) is 16.5 Å². The second-order valence-electron chi connectivity index (χ2n) is 3.37. The number of nitrogens with one attached hydrogen (secondary N) is 1. The number of methoxy groups -OCH3 is 1. The number of benzene rings is 1. The van der Waals surface area contributed by atoms with E-state index < -0.39 is 0 Å². The van der Waals surface area contributed by atoms with Gasteiger partial charge in [0, 0.05) is 5.39 Å². The fraction of sp³-hybridized carbons (Fsp3) is 0.167. The molecular formula is C12H12N2O. The predicted octanol–water partition coefficient (Wildman–Crippen LogP) is 2.51. The average molecular weight is 200 g/mol. The standard InChI is InChI=1S/C12H12N2O/c1-8-7-11(12(13)15-2)14-10-6-4-3-5-9(8)10/h3-7,13H,1-2H3. The quantitative estimate of drug-likeness (QED) is 0.568. The fourth-order valence-corrected chi connectivity index (χ4v) is 1.57. The summed E-state index contributed by atoms with van der Waals surface area (Å²) in [6, 6.07) is 9.76. The van der Waals surface area contributed by atoms with Crippen LogP contribution >= 0.6 is 0 Å². The number of pyridine rings is 1. The molecule has 0 aliphatic rings. The first-order chi connectivity index (χ1) is 7.22. The first kappa shape index (κ1) is 9.65. The van der Waals surface area contributed by atoms with Gasteiger partial charge in [-0.15, -0.1) is 0 Å². The number of fused-ring (bicyclic) bond motifs is 1. The molecule has 0 radical (unpaired) electrons. The van der Waals surface area contributed by atoms with Gasteiger partial charge in [-0.2, -0.15) is 0 Å². The summed E-state index contributed by atoms with van der Waals surface area (Å²) in [5.41, 5.74) is 2.58. The molecule has 0 amide bonds. The molecule has 1 aromatic carbocycles. The number of rotatable bonds is 1. The number of hydrogen-bond donors (Lipinski definition) is 1. The van der Waals surface area contributed by atoms with Gasteiger partial charge in [0.25, 0.3) is 0 Å². The van der Waals surface area contributed by atoms with Crippen LogP contribution in [0.25, 0.3) is 10.9 Å². The first-order valence-electron chi connectivity index (χ1n) is 4.71. The Morgan fingerprint density at radius 3 is 2.80 bits per heavy atom. The van der Waals surface area contributed by atoms with Crippen molar-refractivity contribution >= 4 is 16.8 Å². The molecule has 3 nitrogen and oxygen atoms in total. The lowest BCUT2D eigenvalue weighted by molar-refractivity contribution is 0.399. The molecule has 0 spiro atoms.